The predicted octanol–water partition coefficient (Wildman–Crippen LogP) is 15.3. The van der Waals surface area contributed by atoms with Gasteiger partial charge in [-0.05, 0) is 136 Å². The van der Waals surface area contributed by atoms with Crippen LogP contribution in [0.4, 0.5) is 0 Å². The topological polar surface area (TPSA) is 26.3 Å². The fourth-order valence-electron chi connectivity index (χ4n) is 11.4. The van der Waals surface area contributed by atoms with Gasteiger partial charge in [-0.1, -0.05) is 154 Å². The highest BCUT2D eigenvalue weighted by atomic mass is 16.5. The van der Waals surface area contributed by atoms with Crippen molar-refractivity contribution in [2.45, 2.75) is 209 Å². The van der Waals surface area contributed by atoms with E-state index in [4.69, 9.17) is 4.74 Å². The van der Waals surface area contributed by atoms with E-state index in [0.717, 1.165) is 55.8 Å². The summed E-state index contributed by atoms with van der Waals surface area (Å²) < 4.78 is 6.14. The maximum absolute atomic E-state index is 12.9. The van der Waals surface area contributed by atoms with Crippen molar-refractivity contribution in [3.05, 3.63) is 48.1 Å². The smallest absolute Gasteiger partial charge is 0.306 e. The Balaban J connectivity index is 1.07. The lowest BCUT2D eigenvalue weighted by Gasteiger charge is -2.58. The first-order valence-corrected chi connectivity index (χ1v) is 23.0. The molecule has 3 saturated carbocycles. The van der Waals surface area contributed by atoms with Gasteiger partial charge in [-0.15, -0.1) is 0 Å². The third-order valence-corrected chi connectivity index (χ3v) is 15.2. The fourth-order valence-corrected chi connectivity index (χ4v) is 11.4. The number of hydrogen-bond donors (Lipinski definition) is 0. The first kappa shape index (κ1) is 43.2. The monoisotopic (exact) mass is 717 g/mol. The Morgan fingerprint density at radius 1 is 0.769 bits per heavy atom. The molecule has 0 aromatic carbocycles. The molecule has 2 nitrogen and oxygen atoms in total. The number of allylic oxidation sites excluding steroid dienone is 7. The van der Waals surface area contributed by atoms with Gasteiger partial charge >= 0.3 is 5.97 Å². The molecule has 3 fully saturated rings. The van der Waals surface area contributed by atoms with Crippen LogP contribution in [0.15, 0.2) is 48.1 Å². The van der Waals surface area contributed by atoms with Crippen molar-refractivity contribution in [2.75, 3.05) is 0 Å². The predicted molar refractivity (Wildman–Crippen MR) is 225 cm³/mol. The first-order chi connectivity index (χ1) is 25.1. The van der Waals surface area contributed by atoms with Crippen LogP contribution in [0.1, 0.15) is 203 Å². The number of carbonyl (C=O) groups is 1. The van der Waals surface area contributed by atoms with Crippen LogP contribution in [-0.4, -0.2) is 12.1 Å². The van der Waals surface area contributed by atoms with Gasteiger partial charge in [0.15, 0.2) is 0 Å². The van der Waals surface area contributed by atoms with E-state index in [1.165, 1.54) is 116 Å². The van der Waals surface area contributed by atoms with E-state index in [2.05, 4.69) is 91.0 Å². The maximum Gasteiger partial charge on any atom is 0.306 e. The zero-order valence-corrected chi connectivity index (χ0v) is 35.4. The van der Waals surface area contributed by atoms with Crippen LogP contribution < -0.4 is 0 Å². The SMILES string of the molecule is CCCCC/C=C\C/C=C\CCCCCCCCCCCC(=O)OC1CCC2(C)C(=CCC3C2CCC2(C)C(C(C)/C=C/C(C)C(C)C)CCC32)C1. The summed E-state index contributed by atoms with van der Waals surface area (Å²) in [6, 6.07) is 0. The Morgan fingerprint density at radius 3 is 2.10 bits per heavy atom. The molecule has 52 heavy (non-hydrogen) atoms. The minimum Gasteiger partial charge on any atom is -0.462 e. The minimum atomic E-state index is 0.0522. The zero-order valence-electron chi connectivity index (χ0n) is 35.4. The van der Waals surface area contributed by atoms with Crippen LogP contribution >= 0.6 is 0 Å². The zero-order chi connectivity index (χ0) is 37.4. The van der Waals surface area contributed by atoms with Crippen molar-refractivity contribution in [1.82, 2.24) is 0 Å². The summed E-state index contributed by atoms with van der Waals surface area (Å²) in [6.07, 6.45) is 47.0. The number of unbranched alkanes of at least 4 members (excludes halogenated alkanes) is 12. The van der Waals surface area contributed by atoms with Gasteiger partial charge in [-0.25, -0.2) is 0 Å². The van der Waals surface area contributed by atoms with Gasteiger partial charge in [-0.3, -0.25) is 4.79 Å². The van der Waals surface area contributed by atoms with Gasteiger partial charge in [0.1, 0.15) is 6.10 Å². The van der Waals surface area contributed by atoms with E-state index in [1.54, 1.807) is 5.57 Å². The van der Waals surface area contributed by atoms with Crippen LogP contribution in [0.3, 0.4) is 0 Å². The molecule has 0 aliphatic heterocycles. The van der Waals surface area contributed by atoms with Gasteiger partial charge < -0.3 is 4.74 Å². The molecule has 4 aliphatic carbocycles. The molecular weight excluding hydrogens is 633 g/mol. The van der Waals surface area contributed by atoms with Gasteiger partial charge in [-0.2, -0.15) is 0 Å². The average Bonchev–Trinajstić information content (AvgIpc) is 3.48. The van der Waals surface area contributed by atoms with Crippen LogP contribution in [0, 0.1) is 52.3 Å². The summed E-state index contributed by atoms with van der Waals surface area (Å²) in [5.74, 6) is 5.46. The van der Waals surface area contributed by atoms with E-state index in [0.29, 0.717) is 35.0 Å². The normalized spacial score (nSPS) is 31.5. The van der Waals surface area contributed by atoms with E-state index < -0.39 is 0 Å². The summed E-state index contributed by atoms with van der Waals surface area (Å²) in [6.45, 7) is 17.1. The average molecular weight is 717 g/mol. The second kappa shape index (κ2) is 22.1. The number of hydrogen-bond acceptors (Lipinski definition) is 2. The Bertz CT molecular complexity index is 1160. The van der Waals surface area contributed by atoms with Crippen molar-refractivity contribution < 1.29 is 9.53 Å². The number of esters is 1. The molecule has 9 atom stereocenters. The van der Waals surface area contributed by atoms with Gasteiger partial charge in [0.2, 0.25) is 0 Å². The summed E-state index contributed by atoms with van der Waals surface area (Å²) >= 11 is 0. The Labute approximate surface area is 323 Å². The second-order valence-electron chi connectivity index (χ2n) is 19.1. The Morgan fingerprint density at radius 2 is 1.42 bits per heavy atom. The molecular formula is C50H84O2. The molecule has 0 heterocycles. The van der Waals surface area contributed by atoms with Crippen LogP contribution in [0.2, 0.25) is 0 Å². The molecule has 0 aromatic rings. The molecule has 4 rings (SSSR count). The molecule has 296 valence electrons. The Hall–Kier alpha value is -1.57. The molecule has 0 spiro atoms. The van der Waals surface area contributed by atoms with Crippen molar-refractivity contribution >= 4 is 5.97 Å². The third kappa shape index (κ3) is 12.2. The fraction of sp³-hybridized carbons (Fsp3) is 0.820. The minimum absolute atomic E-state index is 0.0522. The summed E-state index contributed by atoms with van der Waals surface area (Å²) in [5, 5.41) is 0. The lowest BCUT2D eigenvalue weighted by Crippen LogP contribution is -2.51. The Kier molecular flexibility index (Phi) is 18.3. The molecule has 0 radical (unpaired) electrons. The summed E-state index contributed by atoms with van der Waals surface area (Å²) in [5.41, 5.74) is 2.43. The molecule has 0 saturated heterocycles. The summed E-state index contributed by atoms with van der Waals surface area (Å²) in [7, 11) is 0. The van der Waals surface area contributed by atoms with Gasteiger partial charge in [0.05, 0.1) is 0 Å². The molecule has 0 N–H and O–H groups in total. The number of ether oxygens (including phenoxy) is 1. The van der Waals surface area contributed by atoms with Crippen LogP contribution in [0.25, 0.3) is 0 Å². The van der Waals surface area contributed by atoms with Crippen molar-refractivity contribution in [3.8, 4) is 0 Å². The van der Waals surface area contributed by atoms with E-state index in [1.807, 2.05) is 0 Å². The lowest BCUT2D eigenvalue weighted by molar-refractivity contribution is -0.151. The van der Waals surface area contributed by atoms with Crippen molar-refractivity contribution in [1.29, 1.82) is 0 Å². The van der Waals surface area contributed by atoms with Crippen molar-refractivity contribution in [3.63, 3.8) is 0 Å². The second-order valence-corrected chi connectivity index (χ2v) is 19.1. The molecule has 9 unspecified atom stereocenters. The molecule has 0 amide bonds. The van der Waals surface area contributed by atoms with Crippen LogP contribution in [-0.2, 0) is 9.53 Å². The summed E-state index contributed by atoms with van der Waals surface area (Å²) in [4.78, 5) is 12.9. The highest BCUT2D eigenvalue weighted by Crippen LogP contribution is 2.67. The number of fused-ring (bicyclic) bond motifs is 5. The quantitative estimate of drug-likeness (QED) is 0.0598. The van der Waals surface area contributed by atoms with Gasteiger partial charge in [0, 0.05) is 12.8 Å². The molecule has 4 aliphatic rings. The third-order valence-electron chi connectivity index (χ3n) is 15.2. The number of rotatable bonds is 23. The molecule has 0 aromatic heterocycles. The van der Waals surface area contributed by atoms with E-state index >= 15 is 0 Å². The van der Waals surface area contributed by atoms with E-state index in [-0.39, 0.29) is 12.1 Å². The highest BCUT2D eigenvalue weighted by molar-refractivity contribution is 5.69. The standard InChI is InChI=1S/C50H84O2/c1-8-9-10-11-12-13-14-15-16-17-18-19-20-21-22-23-24-25-26-27-48(51)52-43-34-36-49(6)42(38-43)30-31-44-46-33-32-45(50(46,7)37-35-47(44)49)41(5)29-28-40(4)39(2)3/h12-13,15-16,28-30,39-41,43-47H,8-11,14,17-27,31-38H2,1-7H3/b13-12-,16-15-,29-28+. The largest absolute Gasteiger partial charge is 0.462 e. The molecule has 0 bridgehead atoms. The highest BCUT2D eigenvalue weighted by Gasteiger charge is 2.59. The number of carbonyl (C=O) groups excluding carboxylic acids is 1. The van der Waals surface area contributed by atoms with Crippen molar-refractivity contribution in [2.24, 2.45) is 52.3 Å². The lowest BCUT2D eigenvalue weighted by atomic mass is 9.47. The van der Waals surface area contributed by atoms with Crippen LogP contribution in [0.5, 0.6) is 0 Å². The maximum atomic E-state index is 12.9. The first-order valence-electron chi connectivity index (χ1n) is 23.0. The molecule has 2 heteroatoms. The van der Waals surface area contributed by atoms with E-state index in [9.17, 15) is 4.79 Å². The van der Waals surface area contributed by atoms with Gasteiger partial charge in [0.25, 0.3) is 0 Å².